The van der Waals surface area contributed by atoms with Gasteiger partial charge in [0.25, 0.3) is 0 Å². The van der Waals surface area contributed by atoms with Gasteiger partial charge in [-0.25, -0.2) is 9.78 Å². The molecule has 0 aliphatic carbocycles. The van der Waals surface area contributed by atoms with Gasteiger partial charge in [0.1, 0.15) is 11.2 Å². The van der Waals surface area contributed by atoms with Crippen molar-refractivity contribution in [1.29, 1.82) is 0 Å². The lowest BCUT2D eigenvalue weighted by Crippen LogP contribution is -2.65. The summed E-state index contributed by atoms with van der Waals surface area (Å²) < 4.78 is 5.27. The van der Waals surface area contributed by atoms with E-state index >= 15 is 0 Å². The van der Waals surface area contributed by atoms with Crippen molar-refractivity contribution in [2.24, 2.45) is 0 Å². The van der Waals surface area contributed by atoms with Crippen LogP contribution < -0.4 is 4.90 Å². The van der Waals surface area contributed by atoms with Crippen LogP contribution in [0.5, 0.6) is 0 Å². The number of H-pyrrole nitrogens is 1. The molecule has 0 radical (unpaired) electrons. The summed E-state index contributed by atoms with van der Waals surface area (Å²) in [7, 11) is 0. The fourth-order valence-corrected chi connectivity index (χ4v) is 3.92. The first-order valence-corrected chi connectivity index (χ1v) is 9.21. The van der Waals surface area contributed by atoms with E-state index in [1.165, 1.54) is 0 Å². The first-order chi connectivity index (χ1) is 12.8. The van der Waals surface area contributed by atoms with E-state index in [0.29, 0.717) is 19.6 Å². The molecule has 1 spiro atoms. The Morgan fingerprint density at radius 2 is 2.00 bits per heavy atom. The molecular weight excluding hydrogens is 344 g/mol. The van der Waals surface area contributed by atoms with Gasteiger partial charge in [-0.3, -0.25) is 4.79 Å². The van der Waals surface area contributed by atoms with E-state index in [-0.39, 0.29) is 18.1 Å². The minimum Gasteiger partial charge on any atom is -0.447 e. The number of likely N-dealkylation sites (tertiary alicyclic amines) is 1. The second-order valence-corrected chi connectivity index (χ2v) is 7.67. The Labute approximate surface area is 158 Å². The summed E-state index contributed by atoms with van der Waals surface area (Å²) in [6.07, 6.45) is -0.542. The van der Waals surface area contributed by atoms with Crippen molar-refractivity contribution in [3.8, 4) is 0 Å². The van der Waals surface area contributed by atoms with Crippen LogP contribution in [0, 0.1) is 13.8 Å². The van der Waals surface area contributed by atoms with E-state index in [9.17, 15) is 9.59 Å². The summed E-state index contributed by atoms with van der Waals surface area (Å²) in [5, 5.41) is 0. The van der Waals surface area contributed by atoms with Crippen molar-refractivity contribution in [3.63, 3.8) is 0 Å². The lowest BCUT2D eigenvalue weighted by atomic mass is 9.75. The Morgan fingerprint density at radius 3 is 2.63 bits per heavy atom. The van der Waals surface area contributed by atoms with Crippen LogP contribution in [0.1, 0.15) is 36.6 Å². The molecule has 27 heavy (non-hydrogen) atoms. The third kappa shape index (κ3) is 2.69. The summed E-state index contributed by atoms with van der Waals surface area (Å²) in [4.78, 5) is 36.7. The molecule has 2 amide bonds. The molecule has 1 N–H and O–H groups in total. The van der Waals surface area contributed by atoms with Crippen molar-refractivity contribution in [2.75, 3.05) is 18.0 Å². The SMILES string of the molecule is Cc1nc(CN2C(=O)C3(CN(C(=O)OC(C)C)C3)c3ccccc32)[nH]c1C. The number of para-hydroxylation sites is 1. The molecule has 1 fully saturated rings. The summed E-state index contributed by atoms with van der Waals surface area (Å²) >= 11 is 0. The first-order valence-electron chi connectivity index (χ1n) is 9.21. The van der Waals surface area contributed by atoms with Gasteiger partial charge >= 0.3 is 6.09 Å². The number of nitrogens with one attached hydrogen (secondary N) is 1. The van der Waals surface area contributed by atoms with E-state index < -0.39 is 5.41 Å². The number of ether oxygens (including phenoxy) is 1. The highest BCUT2D eigenvalue weighted by Gasteiger charge is 2.59. The highest BCUT2D eigenvalue weighted by atomic mass is 16.6. The fraction of sp³-hybridized carbons (Fsp3) is 0.450. The van der Waals surface area contributed by atoms with E-state index in [1.807, 2.05) is 52.0 Å². The summed E-state index contributed by atoms with van der Waals surface area (Å²) in [5.74, 6) is 0.782. The number of fused-ring (bicyclic) bond motifs is 2. The number of imidazole rings is 1. The predicted molar refractivity (Wildman–Crippen MR) is 101 cm³/mol. The van der Waals surface area contributed by atoms with Crippen LogP contribution in [0.2, 0.25) is 0 Å². The number of aromatic nitrogens is 2. The smallest absolute Gasteiger partial charge is 0.410 e. The molecule has 0 unspecified atom stereocenters. The largest absolute Gasteiger partial charge is 0.447 e. The molecule has 2 aliphatic rings. The van der Waals surface area contributed by atoms with Gasteiger partial charge in [0.05, 0.1) is 18.3 Å². The lowest BCUT2D eigenvalue weighted by molar-refractivity contribution is -0.128. The van der Waals surface area contributed by atoms with Crippen LogP contribution in [0.25, 0.3) is 0 Å². The highest BCUT2D eigenvalue weighted by molar-refractivity contribution is 6.09. The standard InChI is InChI=1S/C20H24N4O3/c1-12(2)27-19(26)23-10-20(11-23)15-7-5-6-8-16(15)24(18(20)25)9-17-21-13(3)14(4)22-17/h5-8,12H,9-11H2,1-4H3,(H,21,22). The van der Waals surface area contributed by atoms with Crippen LogP contribution in [-0.2, 0) is 21.5 Å². The van der Waals surface area contributed by atoms with Gasteiger partial charge in [0.2, 0.25) is 5.91 Å². The van der Waals surface area contributed by atoms with Gasteiger partial charge in [-0.1, -0.05) is 18.2 Å². The number of carbonyl (C=O) groups is 2. The molecule has 7 heteroatoms. The molecule has 142 valence electrons. The maximum atomic E-state index is 13.4. The Balaban J connectivity index is 1.60. The van der Waals surface area contributed by atoms with Crippen molar-refractivity contribution < 1.29 is 14.3 Å². The number of rotatable bonds is 3. The number of aryl methyl sites for hydroxylation is 2. The second kappa shape index (κ2) is 6.11. The monoisotopic (exact) mass is 368 g/mol. The van der Waals surface area contributed by atoms with Crippen LogP contribution in [0.3, 0.4) is 0 Å². The van der Waals surface area contributed by atoms with Gasteiger partial charge in [-0.05, 0) is 39.3 Å². The molecule has 1 saturated heterocycles. The molecule has 1 aromatic carbocycles. The zero-order valence-electron chi connectivity index (χ0n) is 16.1. The fourth-order valence-electron chi connectivity index (χ4n) is 3.92. The molecule has 0 atom stereocenters. The molecule has 0 bridgehead atoms. The Kier molecular flexibility index (Phi) is 3.98. The third-order valence-electron chi connectivity index (χ3n) is 5.37. The Hall–Kier alpha value is -2.83. The molecule has 0 saturated carbocycles. The predicted octanol–water partition coefficient (Wildman–Crippen LogP) is 2.67. The zero-order valence-corrected chi connectivity index (χ0v) is 16.1. The summed E-state index contributed by atoms with van der Waals surface area (Å²) in [6, 6.07) is 7.81. The second-order valence-electron chi connectivity index (χ2n) is 7.67. The van der Waals surface area contributed by atoms with Crippen molar-refractivity contribution in [2.45, 2.75) is 45.8 Å². The maximum Gasteiger partial charge on any atom is 0.410 e. The molecule has 4 rings (SSSR count). The number of hydrogen-bond donors (Lipinski definition) is 1. The average Bonchev–Trinajstić information content (AvgIpc) is 3.01. The molecular formula is C20H24N4O3. The molecule has 2 aliphatic heterocycles. The maximum absolute atomic E-state index is 13.4. The quantitative estimate of drug-likeness (QED) is 0.903. The van der Waals surface area contributed by atoms with Crippen LogP contribution in [0.4, 0.5) is 10.5 Å². The van der Waals surface area contributed by atoms with E-state index in [2.05, 4.69) is 9.97 Å². The highest BCUT2D eigenvalue weighted by Crippen LogP contribution is 2.47. The first kappa shape index (κ1) is 17.6. The summed E-state index contributed by atoms with van der Waals surface area (Å²) in [5.41, 5.74) is 3.13. The minimum atomic E-state index is -0.677. The lowest BCUT2D eigenvalue weighted by Gasteiger charge is -2.46. The number of nitrogens with zero attached hydrogens (tertiary/aromatic N) is 3. The molecule has 1 aromatic heterocycles. The Morgan fingerprint density at radius 1 is 1.30 bits per heavy atom. The third-order valence-corrected chi connectivity index (χ3v) is 5.37. The van der Waals surface area contributed by atoms with Gasteiger partial charge in [0, 0.05) is 24.5 Å². The number of benzene rings is 1. The van der Waals surface area contributed by atoms with E-state index in [0.717, 1.165) is 28.5 Å². The van der Waals surface area contributed by atoms with Crippen LogP contribution >= 0.6 is 0 Å². The van der Waals surface area contributed by atoms with Gasteiger partial charge in [-0.15, -0.1) is 0 Å². The molecule has 7 nitrogen and oxygen atoms in total. The number of carbonyl (C=O) groups excluding carboxylic acids is 2. The molecule has 2 aromatic rings. The normalized spacial score (nSPS) is 17.4. The number of aromatic amines is 1. The van der Waals surface area contributed by atoms with Crippen molar-refractivity contribution in [3.05, 3.63) is 47.0 Å². The number of anilines is 1. The number of hydrogen-bond acceptors (Lipinski definition) is 4. The van der Waals surface area contributed by atoms with E-state index in [1.54, 1.807) is 9.80 Å². The Bertz CT molecular complexity index is 892. The number of amides is 2. The average molecular weight is 368 g/mol. The van der Waals surface area contributed by atoms with Crippen LogP contribution in [-0.4, -0.2) is 46.1 Å². The van der Waals surface area contributed by atoms with E-state index in [4.69, 9.17) is 4.74 Å². The van der Waals surface area contributed by atoms with Crippen molar-refractivity contribution >= 4 is 17.7 Å². The zero-order chi connectivity index (χ0) is 19.3. The van der Waals surface area contributed by atoms with Gasteiger partial charge < -0.3 is 19.5 Å². The van der Waals surface area contributed by atoms with Gasteiger partial charge in [-0.2, -0.15) is 0 Å². The van der Waals surface area contributed by atoms with Crippen LogP contribution in [0.15, 0.2) is 24.3 Å². The topological polar surface area (TPSA) is 78.5 Å². The molecule has 3 heterocycles. The minimum absolute atomic E-state index is 0.0176. The van der Waals surface area contributed by atoms with Gasteiger partial charge in [0.15, 0.2) is 0 Å². The van der Waals surface area contributed by atoms with Crippen molar-refractivity contribution in [1.82, 2.24) is 14.9 Å². The summed E-state index contributed by atoms with van der Waals surface area (Å²) in [6.45, 7) is 8.64.